The Hall–Kier alpha value is -1.86. The Labute approximate surface area is 119 Å². The van der Waals surface area contributed by atoms with Crippen molar-refractivity contribution in [3.8, 4) is 6.07 Å². The van der Waals surface area contributed by atoms with E-state index in [4.69, 9.17) is 5.26 Å². The average molecular weight is 269 g/mol. The summed E-state index contributed by atoms with van der Waals surface area (Å²) in [5, 5.41) is 12.2. The van der Waals surface area contributed by atoms with Crippen molar-refractivity contribution in [2.45, 2.75) is 25.7 Å². The van der Waals surface area contributed by atoms with E-state index in [0.29, 0.717) is 5.56 Å². The van der Waals surface area contributed by atoms with E-state index in [0.717, 1.165) is 51.0 Å². The molecule has 2 aliphatic heterocycles. The van der Waals surface area contributed by atoms with Crippen LogP contribution in [0.5, 0.6) is 0 Å². The van der Waals surface area contributed by atoms with E-state index in [9.17, 15) is 4.79 Å². The molecule has 1 amide bonds. The third-order valence-electron chi connectivity index (χ3n) is 4.60. The van der Waals surface area contributed by atoms with E-state index < -0.39 is 0 Å². The van der Waals surface area contributed by atoms with Gasteiger partial charge >= 0.3 is 0 Å². The van der Waals surface area contributed by atoms with Gasteiger partial charge in [-0.3, -0.25) is 4.79 Å². The second-order valence-corrected chi connectivity index (χ2v) is 5.75. The number of rotatable bonds is 1. The molecule has 2 saturated heterocycles. The minimum absolute atomic E-state index is 0.155. The van der Waals surface area contributed by atoms with Gasteiger partial charge in [0.1, 0.15) is 0 Å². The third kappa shape index (κ3) is 2.19. The van der Waals surface area contributed by atoms with Crippen molar-refractivity contribution in [1.29, 1.82) is 5.26 Å². The second-order valence-electron chi connectivity index (χ2n) is 5.75. The molecule has 1 aromatic carbocycles. The zero-order chi connectivity index (χ0) is 14.0. The van der Waals surface area contributed by atoms with Gasteiger partial charge in [-0.05, 0) is 63.0 Å². The Morgan fingerprint density at radius 3 is 2.50 bits per heavy atom. The topological polar surface area (TPSA) is 56.1 Å². The van der Waals surface area contributed by atoms with Crippen LogP contribution in [0.25, 0.3) is 0 Å². The zero-order valence-electron chi connectivity index (χ0n) is 11.6. The first kappa shape index (κ1) is 13.1. The maximum Gasteiger partial charge on any atom is 0.233 e. The van der Waals surface area contributed by atoms with E-state index in [-0.39, 0.29) is 11.3 Å². The maximum atomic E-state index is 12.9. The van der Waals surface area contributed by atoms with Gasteiger partial charge in [0.2, 0.25) is 5.91 Å². The van der Waals surface area contributed by atoms with Gasteiger partial charge in [0.25, 0.3) is 0 Å². The summed E-state index contributed by atoms with van der Waals surface area (Å²) in [6, 6.07) is 9.45. The van der Waals surface area contributed by atoms with E-state index in [1.807, 2.05) is 17.0 Å². The molecule has 2 heterocycles. The highest BCUT2D eigenvalue weighted by molar-refractivity contribution is 5.98. The molecule has 2 fully saturated rings. The number of hydrogen-bond donors (Lipinski definition) is 1. The van der Waals surface area contributed by atoms with Gasteiger partial charge in [0.15, 0.2) is 0 Å². The van der Waals surface area contributed by atoms with Gasteiger partial charge in [0.05, 0.1) is 17.0 Å². The summed E-state index contributed by atoms with van der Waals surface area (Å²) in [4.78, 5) is 14.8. The molecule has 4 heteroatoms. The first-order chi connectivity index (χ1) is 9.75. The molecule has 3 rings (SSSR count). The number of nitriles is 1. The number of carbonyl (C=O) groups excluding carboxylic acids is 1. The van der Waals surface area contributed by atoms with Gasteiger partial charge in [-0.25, -0.2) is 0 Å². The molecule has 0 atom stereocenters. The smallest absolute Gasteiger partial charge is 0.233 e. The van der Waals surface area contributed by atoms with Crippen LogP contribution < -0.4 is 10.2 Å². The minimum Gasteiger partial charge on any atom is -0.317 e. The predicted octanol–water partition coefficient (Wildman–Crippen LogP) is 2.05. The zero-order valence-corrected chi connectivity index (χ0v) is 11.6. The van der Waals surface area contributed by atoms with Crippen LogP contribution in [0.2, 0.25) is 0 Å². The Bertz CT molecular complexity index is 532. The normalized spacial score (nSPS) is 21.8. The molecule has 0 bridgehead atoms. The van der Waals surface area contributed by atoms with Crippen LogP contribution >= 0.6 is 0 Å². The first-order valence-corrected chi connectivity index (χ1v) is 7.28. The van der Waals surface area contributed by atoms with Crippen LogP contribution in [-0.4, -0.2) is 25.5 Å². The molecule has 4 nitrogen and oxygen atoms in total. The fourth-order valence-electron chi connectivity index (χ4n) is 3.40. The lowest BCUT2D eigenvalue weighted by atomic mass is 9.72. The molecule has 0 radical (unpaired) electrons. The second kappa shape index (κ2) is 5.26. The minimum atomic E-state index is -0.155. The molecular formula is C16H19N3O. The van der Waals surface area contributed by atoms with E-state index in [1.54, 1.807) is 12.1 Å². The molecular weight excluding hydrogens is 250 g/mol. The quantitative estimate of drug-likeness (QED) is 0.849. The highest BCUT2D eigenvalue weighted by Crippen LogP contribution is 2.40. The fraction of sp³-hybridized carbons (Fsp3) is 0.500. The van der Waals surface area contributed by atoms with Crippen molar-refractivity contribution in [1.82, 2.24) is 5.32 Å². The van der Waals surface area contributed by atoms with Gasteiger partial charge in [-0.2, -0.15) is 5.26 Å². The van der Waals surface area contributed by atoms with Crippen LogP contribution in [-0.2, 0) is 4.79 Å². The number of carbonyl (C=O) groups is 1. The number of benzene rings is 1. The number of hydrogen-bond acceptors (Lipinski definition) is 3. The highest BCUT2D eigenvalue weighted by Gasteiger charge is 2.44. The number of nitrogens with zero attached hydrogens (tertiary/aromatic N) is 2. The summed E-state index contributed by atoms with van der Waals surface area (Å²) < 4.78 is 0. The molecule has 0 saturated carbocycles. The van der Waals surface area contributed by atoms with Crippen molar-refractivity contribution < 1.29 is 4.79 Å². The first-order valence-electron chi connectivity index (χ1n) is 7.28. The van der Waals surface area contributed by atoms with Crippen LogP contribution in [0.1, 0.15) is 31.2 Å². The molecule has 1 N–H and O–H groups in total. The van der Waals surface area contributed by atoms with Crippen LogP contribution in [0.15, 0.2) is 24.3 Å². The van der Waals surface area contributed by atoms with Crippen molar-refractivity contribution in [3.63, 3.8) is 0 Å². The Morgan fingerprint density at radius 2 is 1.85 bits per heavy atom. The molecule has 0 unspecified atom stereocenters. The lowest BCUT2D eigenvalue weighted by molar-refractivity contribution is -0.132. The van der Waals surface area contributed by atoms with Crippen molar-refractivity contribution >= 4 is 11.6 Å². The summed E-state index contributed by atoms with van der Waals surface area (Å²) in [7, 11) is 0. The summed E-state index contributed by atoms with van der Waals surface area (Å²) in [5.74, 6) is 0.273. The van der Waals surface area contributed by atoms with Crippen LogP contribution in [0.4, 0.5) is 5.69 Å². The molecule has 2 aliphatic rings. The summed E-state index contributed by atoms with van der Waals surface area (Å²) in [5.41, 5.74) is 1.40. The van der Waals surface area contributed by atoms with Crippen molar-refractivity contribution in [2.24, 2.45) is 5.41 Å². The maximum absolute atomic E-state index is 12.9. The number of amides is 1. The molecule has 1 aromatic rings. The third-order valence-corrected chi connectivity index (χ3v) is 4.60. The van der Waals surface area contributed by atoms with Gasteiger partial charge in [-0.15, -0.1) is 0 Å². The van der Waals surface area contributed by atoms with Crippen LogP contribution in [0, 0.1) is 16.7 Å². The summed E-state index contributed by atoms with van der Waals surface area (Å²) >= 11 is 0. The SMILES string of the molecule is N#Cc1ccc(N2CCCC3(CCNCC3)C2=O)cc1. The molecule has 20 heavy (non-hydrogen) atoms. The fourth-order valence-corrected chi connectivity index (χ4v) is 3.40. The van der Waals surface area contributed by atoms with E-state index >= 15 is 0 Å². The van der Waals surface area contributed by atoms with E-state index in [1.165, 1.54) is 0 Å². The molecule has 1 spiro atoms. The number of piperidine rings is 2. The van der Waals surface area contributed by atoms with Crippen LogP contribution in [0.3, 0.4) is 0 Å². The highest BCUT2D eigenvalue weighted by atomic mass is 16.2. The summed E-state index contributed by atoms with van der Waals surface area (Å²) in [6.45, 7) is 2.67. The Kier molecular flexibility index (Phi) is 3.45. The average Bonchev–Trinajstić information content (AvgIpc) is 2.51. The lowest BCUT2D eigenvalue weighted by Crippen LogP contribution is -2.53. The number of nitrogens with one attached hydrogen (secondary N) is 1. The predicted molar refractivity (Wildman–Crippen MR) is 77.3 cm³/mol. The Morgan fingerprint density at radius 1 is 1.15 bits per heavy atom. The van der Waals surface area contributed by atoms with Crippen molar-refractivity contribution in [3.05, 3.63) is 29.8 Å². The molecule has 0 aliphatic carbocycles. The largest absolute Gasteiger partial charge is 0.317 e. The lowest BCUT2D eigenvalue weighted by Gasteiger charge is -2.44. The Balaban J connectivity index is 1.85. The van der Waals surface area contributed by atoms with Gasteiger partial charge in [-0.1, -0.05) is 0 Å². The molecule has 0 aromatic heterocycles. The van der Waals surface area contributed by atoms with Gasteiger partial charge < -0.3 is 10.2 Å². The standard InChI is InChI=1S/C16H19N3O/c17-12-13-2-4-14(5-3-13)19-11-1-6-16(15(19)20)7-9-18-10-8-16/h2-5,18H,1,6-11H2. The van der Waals surface area contributed by atoms with Gasteiger partial charge in [0, 0.05) is 12.2 Å². The van der Waals surface area contributed by atoms with Crippen molar-refractivity contribution in [2.75, 3.05) is 24.5 Å². The summed E-state index contributed by atoms with van der Waals surface area (Å²) in [6.07, 6.45) is 3.96. The molecule has 104 valence electrons. The monoisotopic (exact) mass is 269 g/mol. The van der Waals surface area contributed by atoms with E-state index in [2.05, 4.69) is 11.4 Å². The number of anilines is 1.